The van der Waals surface area contributed by atoms with E-state index in [1.807, 2.05) is 0 Å². The number of amides is 1. The van der Waals surface area contributed by atoms with Crippen molar-refractivity contribution in [2.75, 3.05) is 0 Å². The molecular formula is C13H14ClNO4. The number of ketones is 1. The summed E-state index contributed by atoms with van der Waals surface area (Å²) in [6.45, 7) is 1.36. The van der Waals surface area contributed by atoms with Crippen LogP contribution >= 0.6 is 11.6 Å². The van der Waals surface area contributed by atoms with E-state index in [1.54, 1.807) is 24.3 Å². The van der Waals surface area contributed by atoms with E-state index >= 15 is 0 Å². The number of carbonyl (C=O) groups is 3. The van der Waals surface area contributed by atoms with Gasteiger partial charge in [-0.15, -0.1) is 0 Å². The zero-order valence-electron chi connectivity index (χ0n) is 10.4. The summed E-state index contributed by atoms with van der Waals surface area (Å²) in [6.07, 6.45) is -0.0150. The topological polar surface area (TPSA) is 83.5 Å². The molecule has 1 amide bonds. The highest BCUT2D eigenvalue weighted by atomic mass is 35.5. The minimum Gasteiger partial charge on any atom is -0.480 e. The predicted octanol–water partition coefficient (Wildman–Crippen LogP) is 1.89. The molecule has 1 rings (SSSR count). The number of carboxylic acids is 1. The molecule has 0 bridgehead atoms. The molecule has 0 fully saturated rings. The van der Waals surface area contributed by atoms with E-state index in [0.717, 1.165) is 0 Å². The predicted molar refractivity (Wildman–Crippen MR) is 70.3 cm³/mol. The lowest BCUT2D eigenvalue weighted by Crippen LogP contribution is -2.38. The van der Waals surface area contributed by atoms with Gasteiger partial charge in [0.15, 0.2) is 5.78 Å². The van der Waals surface area contributed by atoms with Crippen LogP contribution in [0.1, 0.15) is 30.1 Å². The van der Waals surface area contributed by atoms with Crippen LogP contribution in [0.3, 0.4) is 0 Å². The van der Waals surface area contributed by atoms with Gasteiger partial charge in [0.2, 0.25) is 5.91 Å². The Bertz CT molecular complexity index is 484. The average Bonchev–Trinajstić information content (AvgIpc) is 2.36. The minimum absolute atomic E-state index is 0.0276. The quantitative estimate of drug-likeness (QED) is 0.781. The largest absolute Gasteiger partial charge is 0.480 e. The molecule has 2 N–H and O–H groups in total. The third-order valence-electron chi connectivity index (χ3n) is 2.49. The minimum atomic E-state index is -1.11. The third kappa shape index (κ3) is 5.09. The SMILES string of the molecule is C[C@@H](NC(=O)CCC(=O)c1ccc(Cl)cc1)C(=O)O. The zero-order chi connectivity index (χ0) is 14.4. The van der Waals surface area contributed by atoms with Gasteiger partial charge < -0.3 is 10.4 Å². The third-order valence-corrected chi connectivity index (χ3v) is 2.75. The molecule has 5 nitrogen and oxygen atoms in total. The Morgan fingerprint density at radius 1 is 1.21 bits per heavy atom. The van der Waals surface area contributed by atoms with Crippen LogP contribution in [0.15, 0.2) is 24.3 Å². The molecule has 1 atom stereocenters. The summed E-state index contributed by atoms with van der Waals surface area (Å²) in [4.78, 5) is 33.7. The molecule has 0 unspecified atom stereocenters. The highest BCUT2D eigenvalue weighted by Crippen LogP contribution is 2.11. The number of benzene rings is 1. The van der Waals surface area contributed by atoms with E-state index in [9.17, 15) is 14.4 Å². The van der Waals surface area contributed by atoms with Crippen LogP contribution in [0, 0.1) is 0 Å². The Labute approximate surface area is 115 Å². The summed E-state index contributed by atoms with van der Waals surface area (Å²) in [6, 6.07) is 5.41. The summed E-state index contributed by atoms with van der Waals surface area (Å²) in [7, 11) is 0. The molecule has 0 radical (unpaired) electrons. The maximum Gasteiger partial charge on any atom is 0.325 e. The van der Waals surface area contributed by atoms with E-state index in [1.165, 1.54) is 6.92 Å². The van der Waals surface area contributed by atoms with Gasteiger partial charge in [0, 0.05) is 23.4 Å². The van der Waals surface area contributed by atoms with Gasteiger partial charge in [0.25, 0.3) is 0 Å². The lowest BCUT2D eigenvalue weighted by Gasteiger charge is -2.08. The molecule has 1 aromatic carbocycles. The number of halogens is 1. The van der Waals surface area contributed by atoms with Crippen LogP contribution in [-0.2, 0) is 9.59 Å². The molecule has 102 valence electrons. The fourth-order valence-electron chi connectivity index (χ4n) is 1.38. The van der Waals surface area contributed by atoms with Gasteiger partial charge in [-0.25, -0.2) is 0 Å². The molecule has 0 aliphatic carbocycles. The molecule has 6 heteroatoms. The van der Waals surface area contributed by atoms with E-state index in [0.29, 0.717) is 10.6 Å². The standard InChI is InChI=1S/C13H14ClNO4/c1-8(13(18)19)15-12(17)7-6-11(16)9-2-4-10(14)5-3-9/h2-5,8H,6-7H2,1H3,(H,15,17)(H,18,19)/t8-/m1/s1. The first kappa shape index (κ1) is 15.2. The summed E-state index contributed by atoms with van der Waals surface area (Å²) >= 11 is 5.70. The summed E-state index contributed by atoms with van der Waals surface area (Å²) < 4.78 is 0. The molecule has 0 spiro atoms. The molecule has 0 saturated carbocycles. The molecular weight excluding hydrogens is 270 g/mol. The first-order chi connectivity index (χ1) is 8.90. The second-order valence-electron chi connectivity index (χ2n) is 4.06. The number of hydrogen-bond acceptors (Lipinski definition) is 3. The van der Waals surface area contributed by atoms with Crippen molar-refractivity contribution in [2.24, 2.45) is 0 Å². The van der Waals surface area contributed by atoms with Crippen LogP contribution < -0.4 is 5.32 Å². The first-order valence-corrected chi connectivity index (χ1v) is 6.09. The molecule has 0 saturated heterocycles. The van der Waals surface area contributed by atoms with Crippen molar-refractivity contribution in [1.29, 1.82) is 0 Å². The average molecular weight is 284 g/mol. The highest BCUT2D eigenvalue weighted by Gasteiger charge is 2.15. The van der Waals surface area contributed by atoms with Gasteiger partial charge in [-0.2, -0.15) is 0 Å². The molecule has 0 heterocycles. The Balaban J connectivity index is 2.44. The van der Waals surface area contributed by atoms with Crippen LogP contribution in [-0.4, -0.2) is 28.8 Å². The lowest BCUT2D eigenvalue weighted by atomic mass is 10.1. The molecule has 0 aromatic heterocycles. The van der Waals surface area contributed by atoms with Crippen LogP contribution in [0.25, 0.3) is 0 Å². The number of carbonyl (C=O) groups excluding carboxylic acids is 2. The summed E-state index contributed by atoms with van der Waals surface area (Å²) in [5.74, 6) is -1.76. The van der Waals surface area contributed by atoms with Gasteiger partial charge in [0.05, 0.1) is 0 Å². The fourth-order valence-corrected chi connectivity index (χ4v) is 1.51. The maximum atomic E-state index is 11.7. The maximum absolute atomic E-state index is 11.7. The monoisotopic (exact) mass is 283 g/mol. The van der Waals surface area contributed by atoms with Crippen molar-refractivity contribution in [1.82, 2.24) is 5.32 Å². The highest BCUT2D eigenvalue weighted by molar-refractivity contribution is 6.30. The van der Waals surface area contributed by atoms with Crippen molar-refractivity contribution in [3.63, 3.8) is 0 Å². The Kier molecular flexibility index (Phi) is 5.51. The van der Waals surface area contributed by atoms with Gasteiger partial charge in [0.1, 0.15) is 6.04 Å². The first-order valence-electron chi connectivity index (χ1n) is 5.71. The van der Waals surface area contributed by atoms with E-state index < -0.39 is 17.9 Å². The molecule has 1 aromatic rings. The Hall–Kier alpha value is -1.88. The summed E-state index contributed by atoms with van der Waals surface area (Å²) in [5.41, 5.74) is 0.475. The zero-order valence-corrected chi connectivity index (χ0v) is 11.1. The van der Waals surface area contributed by atoms with E-state index in [2.05, 4.69) is 5.32 Å². The van der Waals surface area contributed by atoms with Crippen LogP contribution in [0.2, 0.25) is 5.02 Å². The Morgan fingerprint density at radius 3 is 2.32 bits per heavy atom. The van der Waals surface area contributed by atoms with Gasteiger partial charge >= 0.3 is 5.97 Å². The molecule has 19 heavy (non-hydrogen) atoms. The second kappa shape index (κ2) is 6.89. The van der Waals surface area contributed by atoms with Gasteiger partial charge in [-0.1, -0.05) is 11.6 Å². The van der Waals surface area contributed by atoms with Crippen molar-refractivity contribution in [3.8, 4) is 0 Å². The van der Waals surface area contributed by atoms with Crippen molar-refractivity contribution in [3.05, 3.63) is 34.9 Å². The van der Waals surface area contributed by atoms with Crippen molar-refractivity contribution < 1.29 is 19.5 Å². The lowest BCUT2D eigenvalue weighted by molar-refractivity contribution is -0.141. The fraction of sp³-hybridized carbons (Fsp3) is 0.308. The van der Waals surface area contributed by atoms with Gasteiger partial charge in [-0.3, -0.25) is 14.4 Å². The number of hydrogen-bond donors (Lipinski definition) is 2. The number of nitrogens with one attached hydrogen (secondary N) is 1. The summed E-state index contributed by atoms with van der Waals surface area (Å²) in [5, 5.41) is 11.4. The number of Topliss-reactive ketones (excluding diaryl/α,β-unsaturated/α-hetero) is 1. The Morgan fingerprint density at radius 2 is 1.79 bits per heavy atom. The second-order valence-corrected chi connectivity index (χ2v) is 4.49. The van der Waals surface area contributed by atoms with Gasteiger partial charge in [-0.05, 0) is 31.2 Å². The van der Waals surface area contributed by atoms with Crippen LogP contribution in [0.5, 0.6) is 0 Å². The van der Waals surface area contributed by atoms with Crippen LogP contribution in [0.4, 0.5) is 0 Å². The molecule has 0 aliphatic heterocycles. The van der Waals surface area contributed by atoms with Crippen molar-refractivity contribution >= 4 is 29.3 Å². The number of rotatable bonds is 6. The van der Waals surface area contributed by atoms with Crippen molar-refractivity contribution in [2.45, 2.75) is 25.8 Å². The number of carboxylic acid groups (broad SMARTS) is 1. The van der Waals surface area contributed by atoms with E-state index in [-0.39, 0.29) is 18.6 Å². The normalized spacial score (nSPS) is 11.7. The smallest absolute Gasteiger partial charge is 0.325 e. The number of aliphatic carboxylic acids is 1. The molecule has 0 aliphatic rings. The van der Waals surface area contributed by atoms with E-state index in [4.69, 9.17) is 16.7 Å².